The van der Waals surface area contributed by atoms with Crippen molar-refractivity contribution < 1.29 is 4.79 Å². The van der Waals surface area contributed by atoms with Crippen LogP contribution in [0.15, 0.2) is 60.2 Å². The minimum Gasteiger partial charge on any atom is -0.372 e. The molecule has 0 saturated carbocycles. The minimum absolute atomic E-state index is 0.113. The Morgan fingerprint density at radius 2 is 1.77 bits per heavy atom. The Morgan fingerprint density at radius 1 is 1.12 bits per heavy atom. The predicted octanol–water partition coefficient (Wildman–Crippen LogP) is 4.07. The minimum atomic E-state index is -0.354. The maximum atomic E-state index is 12.4. The lowest BCUT2D eigenvalue weighted by Crippen LogP contribution is -2.27. The van der Waals surface area contributed by atoms with Crippen molar-refractivity contribution in [2.45, 2.75) is 25.8 Å². The molecule has 0 spiro atoms. The summed E-state index contributed by atoms with van der Waals surface area (Å²) in [6.07, 6.45) is 4.11. The Morgan fingerprint density at radius 3 is 2.38 bits per heavy atom. The van der Waals surface area contributed by atoms with Gasteiger partial charge >= 0.3 is 0 Å². The molecular formula is C22H23N3O. The summed E-state index contributed by atoms with van der Waals surface area (Å²) >= 11 is 0. The third-order valence-electron chi connectivity index (χ3n) is 4.69. The van der Waals surface area contributed by atoms with E-state index in [1.165, 1.54) is 18.5 Å². The molecule has 1 heterocycles. The first kappa shape index (κ1) is 17.8. The Kier molecular flexibility index (Phi) is 5.70. The fourth-order valence-electron chi connectivity index (χ4n) is 3.17. The van der Waals surface area contributed by atoms with Crippen LogP contribution in [0.5, 0.6) is 0 Å². The highest BCUT2D eigenvalue weighted by Crippen LogP contribution is 2.21. The lowest BCUT2D eigenvalue weighted by Gasteiger charge is -2.17. The number of amides is 1. The Hall–Kier alpha value is -3.06. The van der Waals surface area contributed by atoms with Gasteiger partial charge in [0.25, 0.3) is 5.91 Å². The van der Waals surface area contributed by atoms with Crippen molar-refractivity contribution in [2.24, 2.45) is 0 Å². The summed E-state index contributed by atoms with van der Waals surface area (Å²) in [4.78, 5) is 14.8. The van der Waals surface area contributed by atoms with E-state index in [4.69, 9.17) is 0 Å². The summed E-state index contributed by atoms with van der Waals surface area (Å²) < 4.78 is 0. The molecule has 2 aromatic carbocycles. The van der Waals surface area contributed by atoms with E-state index in [-0.39, 0.29) is 17.5 Å². The van der Waals surface area contributed by atoms with Gasteiger partial charge in [0, 0.05) is 18.8 Å². The van der Waals surface area contributed by atoms with E-state index in [1.54, 1.807) is 6.08 Å². The molecule has 132 valence electrons. The van der Waals surface area contributed by atoms with E-state index < -0.39 is 0 Å². The number of nitrogens with zero attached hydrogens (tertiary/aromatic N) is 2. The Labute approximate surface area is 154 Å². The van der Waals surface area contributed by atoms with Crippen molar-refractivity contribution in [3.8, 4) is 6.07 Å². The van der Waals surface area contributed by atoms with Crippen LogP contribution < -0.4 is 10.2 Å². The molecule has 3 rings (SSSR count). The molecule has 0 unspecified atom stereocenters. The van der Waals surface area contributed by atoms with Crippen molar-refractivity contribution in [2.75, 3.05) is 18.0 Å². The van der Waals surface area contributed by atoms with E-state index in [1.807, 2.05) is 55.5 Å². The molecule has 1 fully saturated rings. The summed E-state index contributed by atoms with van der Waals surface area (Å²) in [7, 11) is 0. The van der Waals surface area contributed by atoms with Gasteiger partial charge in [0.15, 0.2) is 0 Å². The standard InChI is InChI=1S/C22H23N3O/c1-17(19-7-3-2-4-8-19)24-22(26)20(16-23)15-18-9-11-21(12-10-18)25-13-5-6-14-25/h2-4,7-12,15,17H,5-6,13-14H2,1H3,(H,24,26)/b20-15-/t17-/m0/s1. The fourth-order valence-corrected chi connectivity index (χ4v) is 3.17. The van der Waals surface area contributed by atoms with Gasteiger partial charge in [-0.15, -0.1) is 0 Å². The van der Waals surface area contributed by atoms with Crippen molar-refractivity contribution in [1.29, 1.82) is 5.26 Å². The number of nitrogens with one attached hydrogen (secondary N) is 1. The molecule has 1 atom stereocenters. The summed E-state index contributed by atoms with van der Waals surface area (Å²) in [6, 6.07) is 19.6. The van der Waals surface area contributed by atoms with Crippen LogP contribution in [0, 0.1) is 11.3 Å². The molecule has 0 aliphatic carbocycles. The highest BCUT2D eigenvalue weighted by Gasteiger charge is 2.14. The van der Waals surface area contributed by atoms with Crippen LogP contribution in [0.1, 0.15) is 36.9 Å². The number of benzene rings is 2. The number of nitriles is 1. The van der Waals surface area contributed by atoms with Gasteiger partial charge in [0.1, 0.15) is 11.6 Å². The first-order chi connectivity index (χ1) is 12.7. The van der Waals surface area contributed by atoms with Crippen molar-refractivity contribution in [1.82, 2.24) is 5.32 Å². The van der Waals surface area contributed by atoms with Crippen LogP contribution in [-0.4, -0.2) is 19.0 Å². The fraction of sp³-hybridized carbons (Fsp3) is 0.273. The number of hydrogen-bond donors (Lipinski definition) is 1. The van der Waals surface area contributed by atoms with E-state index >= 15 is 0 Å². The molecule has 0 bridgehead atoms. The topological polar surface area (TPSA) is 56.1 Å². The molecule has 26 heavy (non-hydrogen) atoms. The monoisotopic (exact) mass is 345 g/mol. The van der Waals surface area contributed by atoms with Crippen LogP contribution in [-0.2, 0) is 4.79 Å². The second-order valence-electron chi connectivity index (χ2n) is 6.56. The summed E-state index contributed by atoms with van der Waals surface area (Å²) in [6.45, 7) is 4.10. The maximum Gasteiger partial charge on any atom is 0.262 e. The van der Waals surface area contributed by atoms with Crippen LogP contribution in [0.25, 0.3) is 6.08 Å². The zero-order chi connectivity index (χ0) is 18.4. The van der Waals surface area contributed by atoms with E-state index in [2.05, 4.69) is 22.3 Å². The molecule has 1 N–H and O–H groups in total. The molecule has 4 nitrogen and oxygen atoms in total. The third kappa shape index (κ3) is 4.31. The first-order valence-electron chi connectivity index (χ1n) is 9.00. The molecule has 1 amide bonds. The van der Waals surface area contributed by atoms with Crippen LogP contribution >= 0.6 is 0 Å². The molecule has 1 saturated heterocycles. The van der Waals surface area contributed by atoms with E-state index in [0.29, 0.717) is 0 Å². The zero-order valence-electron chi connectivity index (χ0n) is 15.0. The van der Waals surface area contributed by atoms with Crippen LogP contribution in [0.2, 0.25) is 0 Å². The predicted molar refractivity (Wildman–Crippen MR) is 104 cm³/mol. The highest BCUT2D eigenvalue weighted by atomic mass is 16.1. The maximum absolute atomic E-state index is 12.4. The van der Waals surface area contributed by atoms with Crippen LogP contribution in [0.4, 0.5) is 5.69 Å². The number of anilines is 1. The molecule has 0 radical (unpaired) electrons. The lowest BCUT2D eigenvalue weighted by atomic mass is 10.1. The summed E-state index contributed by atoms with van der Waals surface area (Å²) in [5.74, 6) is -0.354. The normalized spacial score (nSPS) is 15.4. The van der Waals surface area contributed by atoms with E-state index in [9.17, 15) is 10.1 Å². The third-order valence-corrected chi connectivity index (χ3v) is 4.69. The van der Waals surface area contributed by atoms with Gasteiger partial charge in [-0.1, -0.05) is 42.5 Å². The van der Waals surface area contributed by atoms with Crippen LogP contribution in [0.3, 0.4) is 0 Å². The number of carbonyl (C=O) groups excluding carboxylic acids is 1. The molecule has 1 aliphatic rings. The summed E-state index contributed by atoms with van der Waals surface area (Å²) in [5.41, 5.74) is 3.17. The van der Waals surface area contributed by atoms with Crippen molar-refractivity contribution in [3.63, 3.8) is 0 Å². The van der Waals surface area contributed by atoms with Gasteiger partial charge in [-0.05, 0) is 49.1 Å². The summed E-state index contributed by atoms with van der Waals surface area (Å²) in [5, 5.41) is 12.3. The average Bonchev–Trinajstić information content (AvgIpc) is 3.22. The second-order valence-corrected chi connectivity index (χ2v) is 6.56. The Bertz CT molecular complexity index is 813. The van der Waals surface area contributed by atoms with Gasteiger partial charge in [0.2, 0.25) is 0 Å². The molecular weight excluding hydrogens is 322 g/mol. The van der Waals surface area contributed by atoms with Gasteiger partial charge in [-0.3, -0.25) is 4.79 Å². The SMILES string of the molecule is C[C@H](NC(=O)/C(C#N)=C\c1ccc(N2CCCC2)cc1)c1ccccc1. The second kappa shape index (κ2) is 8.35. The van der Waals surface area contributed by atoms with Crippen molar-refractivity contribution in [3.05, 3.63) is 71.3 Å². The highest BCUT2D eigenvalue weighted by molar-refractivity contribution is 6.01. The van der Waals surface area contributed by atoms with Gasteiger partial charge in [-0.2, -0.15) is 5.26 Å². The molecule has 2 aromatic rings. The molecule has 1 aliphatic heterocycles. The van der Waals surface area contributed by atoms with Crippen molar-refractivity contribution >= 4 is 17.7 Å². The number of rotatable bonds is 5. The van der Waals surface area contributed by atoms with Gasteiger partial charge < -0.3 is 10.2 Å². The average molecular weight is 345 g/mol. The van der Waals surface area contributed by atoms with Gasteiger partial charge in [0.05, 0.1) is 6.04 Å². The quantitative estimate of drug-likeness (QED) is 0.656. The molecule has 0 aromatic heterocycles. The number of carbonyl (C=O) groups is 1. The Balaban J connectivity index is 1.69. The number of hydrogen-bond acceptors (Lipinski definition) is 3. The van der Waals surface area contributed by atoms with Gasteiger partial charge in [-0.25, -0.2) is 0 Å². The smallest absolute Gasteiger partial charge is 0.262 e. The first-order valence-corrected chi connectivity index (χ1v) is 9.00. The van der Waals surface area contributed by atoms with E-state index in [0.717, 1.165) is 24.2 Å². The largest absolute Gasteiger partial charge is 0.372 e. The molecule has 4 heteroatoms. The lowest BCUT2D eigenvalue weighted by molar-refractivity contribution is -0.117. The zero-order valence-corrected chi connectivity index (χ0v) is 15.0.